The molecular formula is C23H24N6O2. The largest absolute Gasteiger partial charge is 0.393 e. The van der Waals surface area contributed by atoms with Gasteiger partial charge in [-0.15, -0.1) is 0 Å². The van der Waals surface area contributed by atoms with Gasteiger partial charge in [0.15, 0.2) is 0 Å². The van der Waals surface area contributed by atoms with E-state index in [0.29, 0.717) is 23.6 Å². The van der Waals surface area contributed by atoms with Crippen LogP contribution in [0.4, 0.5) is 5.95 Å². The number of amides is 1. The van der Waals surface area contributed by atoms with Crippen LogP contribution >= 0.6 is 0 Å². The molecule has 0 saturated heterocycles. The number of imidazole rings is 1. The quantitative estimate of drug-likeness (QED) is 0.530. The Labute approximate surface area is 179 Å². The van der Waals surface area contributed by atoms with Gasteiger partial charge in [0.05, 0.1) is 29.0 Å². The number of nitrogens with zero attached hydrogens (tertiary/aromatic N) is 5. The number of carbonyl (C=O) groups excluding carboxylic acids is 1. The molecule has 1 amide bonds. The second-order valence-corrected chi connectivity index (χ2v) is 8.05. The van der Waals surface area contributed by atoms with E-state index in [-0.39, 0.29) is 18.1 Å². The van der Waals surface area contributed by atoms with Crippen molar-refractivity contribution in [3.05, 3.63) is 60.6 Å². The molecule has 0 unspecified atom stereocenters. The van der Waals surface area contributed by atoms with Crippen molar-refractivity contribution in [2.45, 2.75) is 37.8 Å². The van der Waals surface area contributed by atoms with Crippen LogP contribution < -0.4 is 5.32 Å². The number of aromatic nitrogens is 5. The third kappa shape index (κ3) is 3.82. The van der Waals surface area contributed by atoms with Gasteiger partial charge in [-0.3, -0.25) is 19.8 Å². The molecule has 1 aliphatic rings. The van der Waals surface area contributed by atoms with E-state index in [1.807, 2.05) is 37.5 Å². The van der Waals surface area contributed by atoms with Gasteiger partial charge in [-0.2, -0.15) is 5.10 Å². The van der Waals surface area contributed by atoms with E-state index in [1.165, 1.54) is 0 Å². The van der Waals surface area contributed by atoms with Crippen molar-refractivity contribution < 1.29 is 9.90 Å². The van der Waals surface area contributed by atoms with Crippen LogP contribution in [-0.2, 0) is 7.05 Å². The summed E-state index contributed by atoms with van der Waals surface area (Å²) in [5.41, 5.74) is 3.81. The van der Waals surface area contributed by atoms with Gasteiger partial charge in [0, 0.05) is 36.6 Å². The molecule has 5 rings (SSSR count). The molecule has 1 aromatic carbocycles. The smallest absolute Gasteiger partial charge is 0.258 e. The first-order valence-corrected chi connectivity index (χ1v) is 10.5. The maximum absolute atomic E-state index is 13.1. The highest BCUT2D eigenvalue weighted by Crippen LogP contribution is 2.34. The van der Waals surface area contributed by atoms with Crippen molar-refractivity contribution >= 4 is 22.9 Å². The number of aliphatic hydroxyl groups is 1. The first-order chi connectivity index (χ1) is 15.1. The highest BCUT2D eigenvalue weighted by atomic mass is 16.3. The van der Waals surface area contributed by atoms with Crippen molar-refractivity contribution in [1.29, 1.82) is 0 Å². The van der Waals surface area contributed by atoms with Crippen LogP contribution in [0.3, 0.4) is 0 Å². The Morgan fingerprint density at radius 2 is 2.10 bits per heavy atom. The number of para-hydroxylation sites is 2. The number of benzene rings is 1. The molecule has 31 heavy (non-hydrogen) atoms. The van der Waals surface area contributed by atoms with Crippen LogP contribution in [0.25, 0.3) is 22.3 Å². The van der Waals surface area contributed by atoms with Crippen molar-refractivity contribution in [3.8, 4) is 11.3 Å². The minimum Gasteiger partial charge on any atom is -0.393 e. The Morgan fingerprint density at radius 1 is 1.23 bits per heavy atom. The normalized spacial score (nSPS) is 18.9. The molecule has 158 valence electrons. The zero-order chi connectivity index (χ0) is 21.4. The van der Waals surface area contributed by atoms with E-state index in [9.17, 15) is 9.90 Å². The fourth-order valence-corrected chi connectivity index (χ4v) is 4.33. The Kier molecular flexibility index (Phi) is 4.99. The summed E-state index contributed by atoms with van der Waals surface area (Å²) in [7, 11) is 1.84. The molecule has 2 N–H and O–H groups in total. The fraction of sp³-hybridized carbons (Fsp3) is 0.304. The average molecular weight is 416 g/mol. The van der Waals surface area contributed by atoms with Crippen molar-refractivity contribution in [2.75, 3.05) is 5.32 Å². The van der Waals surface area contributed by atoms with Gasteiger partial charge in [0.2, 0.25) is 5.95 Å². The minimum absolute atomic E-state index is 0.0924. The summed E-state index contributed by atoms with van der Waals surface area (Å²) in [5, 5.41) is 17.4. The van der Waals surface area contributed by atoms with Crippen molar-refractivity contribution in [1.82, 2.24) is 24.3 Å². The maximum atomic E-state index is 13.1. The van der Waals surface area contributed by atoms with Crippen LogP contribution in [0.5, 0.6) is 0 Å². The van der Waals surface area contributed by atoms with E-state index in [0.717, 1.165) is 35.9 Å². The molecule has 8 nitrogen and oxygen atoms in total. The van der Waals surface area contributed by atoms with E-state index >= 15 is 0 Å². The van der Waals surface area contributed by atoms with Crippen molar-refractivity contribution in [3.63, 3.8) is 0 Å². The summed E-state index contributed by atoms with van der Waals surface area (Å²) in [5.74, 6) is 0.255. The van der Waals surface area contributed by atoms with Crippen LogP contribution in [0.2, 0.25) is 0 Å². The molecule has 0 bridgehead atoms. The number of hydrogen-bond donors (Lipinski definition) is 2. The van der Waals surface area contributed by atoms with E-state index in [2.05, 4.69) is 25.0 Å². The Bertz CT molecular complexity index is 1240. The van der Waals surface area contributed by atoms with Gasteiger partial charge >= 0.3 is 0 Å². The predicted octanol–water partition coefficient (Wildman–Crippen LogP) is 3.56. The topological polar surface area (TPSA) is 97.9 Å². The lowest BCUT2D eigenvalue weighted by atomic mass is 9.92. The third-order valence-corrected chi connectivity index (χ3v) is 5.83. The number of fused-ring (bicyclic) bond motifs is 1. The standard InChI is InChI=1S/C23H24N6O2/c1-28-14-16(13-25-28)20-11-15(9-10-24-20)22(31)27-23-26-19-7-2-3-8-21(19)29(23)17-5-4-6-18(30)12-17/h2-3,7-11,13-14,17-18,30H,4-6,12H2,1H3,(H,26,27,31)/t17-,18-/m1/s1. The first kappa shape index (κ1) is 19.4. The summed E-state index contributed by atoms with van der Waals surface area (Å²) >= 11 is 0. The maximum Gasteiger partial charge on any atom is 0.258 e. The molecular weight excluding hydrogens is 392 g/mol. The summed E-state index contributed by atoms with van der Waals surface area (Å²) < 4.78 is 3.77. The summed E-state index contributed by atoms with van der Waals surface area (Å²) in [6.45, 7) is 0. The molecule has 4 aromatic rings. The summed E-state index contributed by atoms with van der Waals surface area (Å²) in [6, 6.07) is 11.4. The number of pyridine rings is 1. The molecule has 3 heterocycles. The monoisotopic (exact) mass is 416 g/mol. The van der Waals surface area contributed by atoms with Gasteiger partial charge in [0.25, 0.3) is 5.91 Å². The van der Waals surface area contributed by atoms with Crippen LogP contribution in [-0.4, -0.2) is 41.4 Å². The zero-order valence-corrected chi connectivity index (χ0v) is 17.3. The third-order valence-electron chi connectivity index (χ3n) is 5.83. The fourth-order valence-electron chi connectivity index (χ4n) is 4.33. The predicted molar refractivity (Wildman–Crippen MR) is 118 cm³/mol. The molecule has 2 atom stereocenters. The molecule has 0 aliphatic heterocycles. The highest BCUT2D eigenvalue weighted by Gasteiger charge is 2.26. The number of hydrogen-bond acceptors (Lipinski definition) is 5. The second-order valence-electron chi connectivity index (χ2n) is 8.05. The molecule has 8 heteroatoms. The second kappa shape index (κ2) is 7.96. The number of anilines is 1. The minimum atomic E-state index is -0.328. The van der Waals surface area contributed by atoms with Gasteiger partial charge in [-0.25, -0.2) is 4.98 Å². The van der Waals surface area contributed by atoms with Gasteiger partial charge in [-0.1, -0.05) is 12.1 Å². The number of carbonyl (C=O) groups is 1. The van der Waals surface area contributed by atoms with Gasteiger partial charge in [-0.05, 0) is 49.9 Å². The Morgan fingerprint density at radius 3 is 2.90 bits per heavy atom. The number of aliphatic hydroxyl groups excluding tert-OH is 1. The van der Waals surface area contributed by atoms with E-state index in [1.54, 1.807) is 29.2 Å². The Hall–Kier alpha value is -3.52. The average Bonchev–Trinajstić information content (AvgIpc) is 3.37. The molecule has 1 saturated carbocycles. The lowest BCUT2D eigenvalue weighted by Gasteiger charge is -2.28. The number of rotatable bonds is 4. The molecule has 1 aliphatic carbocycles. The van der Waals surface area contributed by atoms with E-state index < -0.39 is 0 Å². The molecule has 3 aromatic heterocycles. The number of nitrogens with one attached hydrogen (secondary N) is 1. The number of aryl methyl sites for hydroxylation is 1. The van der Waals surface area contributed by atoms with Crippen molar-refractivity contribution in [2.24, 2.45) is 7.05 Å². The summed E-state index contributed by atoms with van der Waals surface area (Å²) in [6.07, 6.45) is 8.24. The zero-order valence-electron chi connectivity index (χ0n) is 17.3. The molecule has 0 spiro atoms. The van der Waals surface area contributed by atoms with Crippen LogP contribution in [0.15, 0.2) is 55.0 Å². The first-order valence-electron chi connectivity index (χ1n) is 10.5. The van der Waals surface area contributed by atoms with Crippen LogP contribution in [0.1, 0.15) is 42.1 Å². The SMILES string of the molecule is Cn1cc(-c2cc(C(=O)Nc3nc4ccccc4n3[C@@H]3CCC[C@@H](O)C3)ccn2)cn1. The van der Waals surface area contributed by atoms with E-state index in [4.69, 9.17) is 0 Å². The summed E-state index contributed by atoms with van der Waals surface area (Å²) in [4.78, 5) is 22.2. The lowest BCUT2D eigenvalue weighted by molar-refractivity contribution is 0.101. The van der Waals surface area contributed by atoms with Crippen LogP contribution in [0, 0.1) is 0 Å². The van der Waals surface area contributed by atoms with Gasteiger partial charge < -0.3 is 9.67 Å². The highest BCUT2D eigenvalue weighted by molar-refractivity contribution is 6.04. The van der Waals surface area contributed by atoms with Gasteiger partial charge in [0.1, 0.15) is 0 Å². The lowest BCUT2D eigenvalue weighted by Crippen LogP contribution is -2.25. The molecule has 1 fully saturated rings. The Balaban J connectivity index is 1.48. The molecule has 0 radical (unpaired) electrons.